The summed E-state index contributed by atoms with van der Waals surface area (Å²) in [5.41, 5.74) is 1.63. The first-order chi connectivity index (χ1) is 21.7. The number of rotatable bonds is 12. The number of benzene rings is 3. The molecule has 0 radical (unpaired) electrons. The van der Waals surface area contributed by atoms with E-state index >= 15 is 0 Å². The second kappa shape index (κ2) is 14.6. The minimum atomic E-state index is -1.03. The Balaban J connectivity index is 1.55. The molecule has 234 valence electrons. The molecule has 0 spiro atoms. The van der Waals surface area contributed by atoms with Gasteiger partial charge in [-0.05, 0) is 66.1 Å². The van der Waals surface area contributed by atoms with Crippen molar-refractivity contribution in [1.82, 2.24) is 10.2 Å². The second-order valence-electron chi connectivity index (χ2n) is 9.88. The highest BCUT2D eigenvalue weighted by atomic mass is 35.5. The Labute approximate surface area is 278 Å². The average Bonchev–Trinajstić information content (AvgIpc) is 3.62. The maximum Gasteiger partial charge on any atom is 0.301 e. The fourth-order valence-corrected chi connectivity index (χ4v) is 7.11. The summed E-state index contributed by atoms with van der Waals surface area (Å²) in [7, 11) is 3.05. The van der Waals surface area contributed by atoms with E-state index in [1.165, 1.54) is 30.9 Å². The Hall–Kier alpha value is -3.77. The third-order valence-electron chi connectivity index (χ3n) is 7.03. The van der Waals surface area contributed by atoms with Crippen molar-refractivity contribution in [1.29, 1.82) is 0 Å². The molecular weight excluding hydrogens is 657 g/mol. The van der Waals surface area contributed by atoms with Gasteiger partial charge in [-0.1, -0.05) is 71.8 Å². The van der Waals surface area contributed by atoms with E-state index in [0.29, 0.717) is 55.1 Å². The largest absolute Gasteiger partial charge is 0.507 e. The van der Waals surface area contributed by atoms with Gasteiger partial charge in [0.2, 0.25) is 5.13 Å². The zero-order valence-electron chi connectivity index (χ0n) is 24.6. The molecule has 13 heteroatoms. The Morgan fingerprint density at radius 1 is 1.00 bits per heavy atom. The topological polar surface area (TPSA) is 111 Å². The van der Waals surface area contributed by atoms with Gasteiger partial charge in [0.15, 0.2) is 15.8 Å². The highest BCUT2D eigenvalue weighted by Gasteiger charge is 2.48. The summed E-state index contributed by atoms with van der Waals surface area (Å²) in [6.07, 6.45) is 1.84. The van der Waals surface area contributed by atoms with Crippen LogP contribution in [0.15, 0.2) is 70.6 Å². The van der Waals surface area contributed by atoms with Crippen LogP contribution in [-0.4, -0.2) is 47.8 Å². The number of aromatic nitrogens is 2. The molecule has 1 atom stereocenters. The summed E-state index contributed by atoms with van der Waals surface area (Å²) < 4.78 is 17.3. The first kappa shape index (κ1) is 32.6. The van der Waals surface area contributed by atoms with Gasteiger partial charge in [0.05, 0.1) is 32.4 Å². The van der Waals surface area contributed by atoms with Gasteiger partial charge in [-0.3, -0.25) is 14.5 Å². The van der Waals surface area contributed by atoms with Crippen LogP contribution in [0.25, 0.3) is 5.76 Å². The van der Waals surface area contributed by atoms with Gasteiger partial charge in [-0.15, -0.1) is 10.2 Å². The van der Waals surface area contributed by atoms with Gasteiger partial charge in [0, 0.05) is 21.4 Å². The predicted molar refractivity (Wildman–Crippen MR) is 177 cm³/mol. The van der Waals surface area contributed by atoms with Crippen LogP contribution in [0.4, 0.5) is 5.13 Å². The molecule has 1 unspecified atom stereocenters. The van der Waals surface area contributed by atoms with E-state index < -0.39 is 17.7 Å². The van der Waals surface area contributed by atoms with E-state index in [4.69, 9.17) is 37.4 Å². The van der Waals surface area contributed by atoms with Crippen LogP contribution in [0.3, 0.4) is 0 Å². The fraction of sp³-hybridized carbons (Fsp3) is 0.250. The number of aliphatic hydroxyl groups is 1. The zero-order chi connectivity index (χ0) is 32.1. The lowest BCUT2D eigenvalue weighted by atomic mass is 9.95. The highest BCUT2D eigenvalue weighted by Crippen LogP contribution is 2.46. The molecule has 1 saturated heterocycles. The van der Waals surface area contributed by atoms with Gasteiger partial charge in [-0.25, -0.2) is 0 Å². The Morgan fingerprint density at radius 3 is 2.47 bits per heavy atom. The number of unbranched alkanes of at least 4 members (excludes halogenated alkanes) is 1. The number of methoxy groups -OCH3 is 2. The zero-order valence-corrected chi connectivity index (χ0v) is 27.7. The van der Waals surface area contributed by atoms with E-state index in [1.807, 2.05) is 6.07 Å². The minimum absolute atomic E-state index is 0.0933. The van der Waals surface area contributed by atoms with Gasteiger partial charge < -0.3 is 19.3 Å². The standard InChI is InChI=1S/C32H29Cl2N3O6S2/c1-4-5-14-43-24-13-9-19(15-25(24)42-3)27-26(28(38)18-7-11-22(41-2)12-8-18)29(39)30(40)37(27)31-35-36-32(45-31)44-17-20-6-10-21(33)16-23(20)34/h6-13,15-16,27,38H,4-5,14,17H2,1-3H3/b28-26-. The summed E-state index contributed by atoms with van der Waals surface area (Å²) in [4.78, 5) is 28.5. The third kappa shape index (κ3) is 7.06. The number of carbonyl (C=O) groups excluding carboxylic acids is 2. The molecule has 1 aliphatic rings. The Kier molecular flexibility index (Phi) is 10.5. The van der Waals surface area contributed by atoms with E-state index in [-0.39, 0.29) is 16.5 Å². The van der Waals surface area contributed by atoms with Crippen molar-refractivity contribution in [3.63, 3.8) is 0 Å². The average molecular weight is 687 g/mol. The molecule has 1 aromatic heterocycles. The van der Waals surface area contributed by atoms with Crippen molar-refractivity contribution in [2.24, 2.45) is 0 Å². The number of carbonyl (C=O) groups is 2. The van der Waals surface area contributed by atoms with Gasteiger partial charge in [-0.2, -0.15) is 0 Å². The van der Waals surface area contributed by atoms with Crippen molar-refractivity contribution >= 4 is 68.9 Å². The summed E-state index contributed by atoms with van der Waals surface area (Å²) in [5.74, 6) is -0.0167. The van der Waals surface area contributed by atoms with Crippen LogP contribution in [0.5, 0.6) is 17.2 Å². The number of aliphatic hydroxyl groups excluding tert-OH is 1. The van der Waals surface area contributed by atoms with E-state index in [1.54, 1.807) is 54.6 Å². The number of hydrogen-bond donors (Lipinski definition) is 1. The van der Waals surface area contributed by atoms with E-state index in [2.05, 4.69) is 17.1 Å². The van der Waals surface area contributed by atoms with Crippen LogP contribution < -0.4 is 19.1 Å². The van der Waals surface area contributed by atoms with Crippen LogP contribution in [0.1, 0.15) is 42.5 Å². The van der Waals surface area contributed by atoms with Crippen LogP contribution in [0.2, 0.25) is 10.0 Å². The summed E-state index contributed by atoms with van der Waals surface area (Å²) in [6.45, 7) is 2.58. The third-order valence-corrected chi connectivity index (χ3v) is 9.73. The normalized spacial score (nSPS) is 15.8. The number of ketones is 1. The monoisotopic (exact) mass is 685 g/mol. The lowest BCUT2D eigenvalue weighted by Crippen LogP contribution is -2.29. The van der Waals surface area contributed by atoms with Crippen LogP contribution >= 0.6 is 46.3 Å². The number of ether oxygens (including phenoxy) is 3. The lowest BCUT2D eigenvalue weighted by molar-refractivity contribution is -0.132. The van der Waals surface area contributed by atoms with Gasteiger partial charge in [0.1, 0.15) is 11.5 Å². The Morgan fingerprint density at radius 2 is 1.78 bits per heavy atom. The van der Waals surface area contributed by atoms with Crippen molar-refractivity contribution in [3.05, 3.63) is 93.0 Å². The minimum Gasteiger partial charge on any atom is -0.507 e. The maximum atomic E-state index is 13.7. The summed E-state index contributed by atoms with van der Waals surface area (Å²) in [6, 6.07) is 16.0. The SMILES string of the molecule is CCCCOc1ccc(C2/C(=C(/O)c3ccc(OC)cc3)C(=O)C(=O)N2c2nnc(SCc3ccc(Cl)cc3Cl)s2)cc1OC. The summed E-state index contributed by atoms with van der Waals surface area (Å²) in [5, 5.41) is 21.3. The summed E-state index contributed by atoms with van der Waals surface area (Å²) >= 11 is 14.9. The molecule has 0 aliphatic carbocycles. The Bertz CT molecular complexity index is 1750. The van der Waals surface area contributed by atoms with Crippen molar-refractivity contribution in [2.75, 3.05) is 25.7 Å². The molecule has 3 aromatic carbocycles. The van der Waals surface area contributed by atoms with Crippen LogP contribution in [0, 0.1) is 0 Å². The molecule has 0 saturated carbocycles. The van der Waals surface area contributed by atoms with Gasteiger partial charge >= 0.3 is 5.91 Å². The number of Topliss-reactive ketones (excluding diaryl/α,β-unsaturated/α-hetero) is 1. The quantitative estimate of drug-likeness (QED) is 0.0396. The molecule has 4 aromatic rings. The molecule has 1 aliphatic heterocycles. The number of halogens is 2. The van der Waals surface area contributed by atoms with E-state index in [0.717, 1.165) is 29.7 Å². The number of nitrogens with zero attached hydrogens (tertiary/aromatic N) is 3. The number of thioether (sulfide) groups is 1. The highest BCUT2D eigenvalue weighted by molar-refractivity contribution is 8.00. The first-order valence-electron chi connectivity index (χ1n) is 13.9. The molecule has 0 bridgehead atoms. The number of anilines is 1. The van der Waals surface area contributed by atoms with Crippen molar-refractivity contribution < 1.29 is 28.9 Å². The molecular formula is C32H29Cl2N3O6S2. The molecule has 1 fully saturated rings. The first-order valence-corrected chi connectivity index (χ1v) is 16.5. The second-order valence-corrected chi connectivity index (χ2v) is 12.9. The van der Waals surface area contributed by atoms with Crippen LogP contribution in [-0.2, 0) is 15.3 Å². The molecule has 1 N–H and O–H groups in total. The van der Waals surface area contributed by atoms with Crippen molar-refractivity contribution in [3.8, 4) is 17.2 Å². The number of amides is 1. The predicted octanol–water partition coefficient (Wildman–Crippen LogP) is 7.96. The van der Waals surface area contributed by atoms with Gasteiger partial charge in [0.25, 0.3) is 5.78 Å². The molecule has 9 nitrogen and oxygen atoms in total. The fourth-order valence-electron chi connectivity index (χ4n) is 4.69. The molecule has 5 rings (SSSR count). The molecule has 45 heavy (non-hydrogen) atoms. The lowest BCUT2D eigenvalue weighted by Gasteiger charge is -2.23. The van der Waals surface area contributed by atoms with E-state index in [9.17, 15) is 14.7 Å². The number of hydrogen-bond acceptors (Lipinski definition) is 10. The molecule has 2 heterocycles. The maximum absolute atomic E-state index is 13.7. The smallest absolute Gasteiger partial charge is 0.301 e. The molecule has 1 amide bonds. The van der Waals surface area contributed by atoms with Crippen molar-refractivity contribution in [2.45, 2.75) is 35.9 Å².